The lowest BCUT2D eigenvalue weighted by Gasteiger charge is -2.20. The van der Waals surface area contributed by atoms with Gasteiger partial charge in [-0.3, -0.25) is 0 Å². The number of hydrogen-bond acceptors (Lipinski definition) is 1. The second kappa shape index (κ2) is 5.95. The first kappa shape index (κ1) is 15.7. The quantitative estimate of drug-likeness (QED) is 0.833. The van der Waals surface area contributed by atoms with E-state index in [0.717, 1.165) is 19.5 Å². The van der Waals surface area contributed by atoms with Crippen LogP contribution in [0.25, 0.3) is 10.9 Å². The Bertz CT molecular complexity index is 678. The van der Waals surface area contributed by atoms with Crippen molar-refractivity contribution >= 4 is 10.9 Å². The normalized spacial score (nSPS) is 11.8. The molecule has 0 saturated carbocycles. The molecule has 2 aromatic rings. The van der Waals surface area contributed by atoms with Gasteiger partial charge in [0.25, 0.3) is 0 Å². The summed E-state index contributed by atoms with van der Waals surface area (Å²) in [6.07, 6.45) is 6.19. The minimum Gasteiger partial charge on any atom is -0.344 e. The molecule has 0 amide bonds. The predicted molar refractivity (Wildman–Crippen MR) is 91.5 cm³/mol. The number of terminal acetylenes is 1. The lowest BCUT2D eigenvalue weighted by Crippen LogP contribution is -2.35. The predicted octanol–water partition coefficient (Wildman–Crippen LogP) is 4.17. The topological polar surface area (TPSA) is 17.0 Å². The molecule has 2 nitrogen and oxygen atoms in total. The van der Waals surface area contributed by atoms with E-state index in [-0.39, 0.29) is 5.54 Å². The zero-order chi connectivity index (χ0) is 15.6. The molecule has 0 fully saturated rings. The summed E-state index contributed by atoms with van der Waals surface area (Å²) in [7, 11) is 0. The van der Waals surface area contributed by atoms with Gasteiger partial charge in [-0.2, -0.15) is 0 Å². The summed E-state index contributed by atoms with van der Waals surface area (Å²) in [5.41, 5.74) is 5.44. The van der Waals surface area contributed by atoms with Crippen molar-refractivity contribution < 1.29 is 0 Å². The highest BCUT2D eigenvalue weighted by Gasteiger charge is 2.12. The van der Waals surface area contributed by atoms with Crippen LogP contribution in [0.3, 0.4) is 0 Å². The number of hydrogen-bond donors (Lipinski definition) is 1. The molecule has 0 unspecified atom stereocenters. The van der Waals surface area contributed by atoms with Gasteiger partial charge in [0.1, 0.15) is 0 Å². The van der Waals surface area contributed by atoms with Gasteiger partial charge in [-0.15, -0.1) is 12.3 Å². The molecule has 112 valence electrons. The van der Waals surface area contributed by atoms with E-state index in [1.54, 1.807) is 0 Å². The van der Waals surface area contributed by atoms with E-state index in [4.69, 9.17) is 6.42 Å². The highest BCUT2D eigenvalue weighted by molar-refractivity contribution is 5.86. The van der Waals surface area contributed by atoms with Gasteiger partial charge in [0.15, 0.2) is 0 Å². The Morgan fingerprint density at radius 3 is 2.57 bits per heavy atom. The highest BCUT2D eigenvalue weighted by Crippen LogP contribution is 2.26. The van der Waals surface area contributed by atoms with Gasteiger partial charge >= 0.3 is 0 Å². The maximum Gasteiger partial charge on any atom is 0.0485 e. The van der Waals surface area contributed by atoms with Crippen molar-refractivity contribution in [1.82, 2.24) is 9.88 Å². The van der Waals surface area contributed by atoms with E-state index in [1.807, 2.05) is 0 Å². The minimum absolute atomic E-state index is 0.138. The highest BCUT2D eigenvalue weighted by atomic mass is 15.0. The van der Waals surface area contributed by atoms with Gasteiger partial charge in [0.05, 0.1) is 0 Å². The molecule has 1 aromatic carbocycles. The van der Waals surface area contributed by atoms with Crippen LogP contribution in [0.15, 0.2) is 18.2 Å². The van der Waals surface area contributed by atoms with Crippen LogP contribution in [0, 0.1) is 26.2 Å². The minimum atomic E-state index is 0.138. The Morgan fingerprint density at radius 1 is 1.24 bits per heavy atom. The third-order valence-corrected chi connectivity index (χ3v) is 4.01. The summed E-state index contributed by atoms with van der Waals surface area (Å²) in [5.74, 6) is 2.73. The fraction of sp³-hybridized carbons (Fsp3) is 0.474. The van der Waals surface area contributed by atoms with E-state index < -0.39 is 0 Å². The van der Waals surface area contributed by atoms with Crippen LogP contribution in [-0.2, 0) is 13.1 Å². The Hall–Kier alpha value is -1.72. The van der Waals surface area contributed by atoms with Gasteiger partial charge in [-0.05, 0) is 57.9 Å². The maximum atomic E-state index is 5.41. The zero-order valence-electron chi connectivity index (χ0n) is 13.9. The van der Waals surface area contributed by atoms with E-state index in [1.165, 1.54) is 27.7 Å². The van der Waals surface area contributed by atoms with Crippen LogP contribution >= 0.6 is 0 Å². The third-order valence-electron chi connectivity index (χ3n) is 4.01. The fourth-order valence-electron chi connectivity index (χ4n) is 2.64. The summed E-state index contributed by atoms with van der Waals surface area (Å²) in [6, 6.07) is 6.75. The second-order valence-electron chi connectivity index (χ2n) is 6.77. The Balaban J connectivity index is 2.36. The lowest BCUT2D eigenvalue weighted by atomic mass is 10.1. The first-order chi connectivity index (χ1) is 9.83. The molecule has 21 heavy (non-hydrogen) atoms. The number of nitrogens with zero attached hydrogens (tertiary/aromatic N) is 1. The molecule has 1 N–H and O–H groups in total. The third kappa shape index (κ3) is 3.49. The molecule has 0 aliphatic rings. The van der Waals surface area contributed by atoms with Gasteiger partial charge in [0.2, 0.25) is 0 Å². The first-order valence-corrected chi connectivity index (χ1v) is 7.60. The lowest BCUT2D eigenvalue weighted by molar-refractivity contribution is 0.424. The van der Waals surface area contributed by atoms with Crippen LogP contribution < -0.4 is 5.32 Å². The smallest absolute Gasteiger partial charge is 0.0485 e. The monoisotopic (exact) mass is 282 g/mol. The Labute approximate surface area is 128 Å². The van der Waals surface area contributed by atoms with Crippen molar-refractivity contribution in [2.45, 2.75) is 59.7 Å². The number of benzene rings is 1. The summed E-state index contributed by atoms with van der Waals surface area (Å²) >= 11 is 0. The summed E-state index contributed by atoms with van der Waals surface area (Å²) < 4.78 is 2.34. The molecule has 2 heteroatoms. The summed E-state index contributed by atoms with van der Waals surface area (Å²) in [6.45, 7) is 12.7. The van der Waals surface area contributed by atoms with Crippen LogP contribution in [0.2, 0.25) is 0 Å². The maximum absolute atomic E-state index is 5.41. The number of aryl methyl sites for hydroxylation is 2. The van der Waals surface area contributed by atoms with Gasteiger partial charge in [-0.1, -0.05) is 6.07 Å². The fourth-order valence-corrected chi connectivity index (χ4v) is 2.64. The summed E-state index contributed by atoms with van der Waals surface area (Å²) in [5, 5.41) is 4.89. The van der Waals surface area contributed by atoms with Crippen molar-refractivity contribution in [2.75, 3.05) is 0 Å². The van der Waals surface area contributed by atoms with Crippen LogP contribution in [0.5, 0.6) is 0 Å². The van der Waals surface area contributed by atoms with Crippen molar-refractivity contribution in [1.29, 1.82) is 0 Å². The average molecular weight is 282 g/mol. The molecule has 0 bridgehead atoms. The van der Waals surface area contributed by atoms with Gasteiger partial charge in [0, 0.05) is 41.6 Å². The Kier molecular flexibility index (Phi) is 4.44. The molecular formula is C19H26N2. The van der Waals surface area contributed by atoms with E-state index in [0.29, 0.717) is 0 Å². The van der Waals surface area contributed by atoms with E-state index in [9.17, 15) is 0 Å². The van der Waals surface area contributed by atoms with Crippen molar-refractivity contribution in [3.05, 3.63) is 35.0 Å². The molecular weight excluding hydrogens is 256 g/mol. The standard InChI is InChI=1S/C19H26N2/c1-7-8-11-21-15(3)14(2)17-12-16(9-10-18(17)21)13-20-19(4,5)6/h1,9-10,12,20H,8,11,13H2,2-6H3. The molecule has 0 atom stereocenters. The Morgan fingerprint density at radius 2 is 1.95 bits per heavy atom. The molecule has 1 aromatic heterocycles. The number of rotatable bonds is 4. The van der Waals surface area contributed by atoms with Crippen LogP contribution in [0.1, 0.15) is 44.0 Å². The van der Waals surface area contributed by atoms with Gasteiger partial charge < -0.3 is 9.88 Å². The van der Waals surface area contributed by atoms with Crippen LogP contribution in [-0.4, -0.2) is 10.1 Å². The van der Waals surface area contributed by atoms with E-state index in [2.05, 4.69) is 68.6 Å². The number of nitrogens with one attached hydrogen (secondary N) is 1. The van der Waals surface area contributed by atoms with Crippen molar-refractivity contribution in [3.63, 3.8) is 0 Å². The van der Waals surface area contributed by atoms with Crippen LogP contribution in [0.4, 0.5) is 0 Å². The molecule has 0 radical (unpaired) electrons. The zero-order valence-corrected chi connectivity index (χ0v) is 13.9. The SMILES string of the molecule is C#CCCn1c(C)c(C)c2cc(CNC(C)(C)C)ccc21. The largest absolute Gasteiger partial charge is 0.344 e. The average Bonchev–Trinajstić information content (AvgIpc) is 2.66. The molecule has 1 heterocycles. The van der Waals surface area contributed by atoms with Gasteiger partial charge in [-0.25, -0.2) is 0 Å². The van der Waals surface area contributed by atoms with Crippen molar-refractivity contribution in [3.8, 4) is 12.3 Å². The molecule has 0 aliphatic heterocycles. The molecule has 0 aliphatic carbocycles. The molecule has 0 spiro atoms. The second-order valence-corrected chi connectivity index (χ2v) is 6.77. The van der Waals surface area contributed by atoms with E-state index >= 15 is 0 Å². The molecule has 0 saturated heterocycles. The number of fused-ring (bicyclic) bond motifs is 1. The summed E-state index contributed by atoms with van der Waals surface area (Å²) in [4.78, 5) is 0. The van der Waals surface area contributed by atoms with Crippen molar-refractivity contribution in [2.24, 2.45) is 0 Å². The molecule has 2 rings (SSSR count). The first-order valence-electron chi connectivity index (χ1n) is 7.60. The number of aromatic nitrogens is 1.